The summed E-state index contributed by atoms with van der Waals surface area (Å²) in [6.45, 7) is 10.9. The summed E-state index contributed by atoms with van der Waals surface area (Å²) in [5.74, 6) is 4.69. The Bertz CT molecular complexity index is 881. The molecule has 144 valence electrons. The summed E-state index contributed by atoms with van der Waals surface area (Å²) in [7, 11) is 0. The first-order valence-corrected chi connectivity index (χ1v) is 9.76. The van der Waals surface area contributed by atoms with Crippen LogP contribution in [0.15, 0.2) is 18.6 Å². The maximum atomic E-state index is 4.58. The monoisotopic (exact) mass is 368 g/mol. The number of hydrogen-bond donors (Lipinski definition) is 1. The molecule has 1 fully saturated rings. The van der Waals surface area contributed by atoms with Gasteiger partial charge < -0.3 is 14.1 Å². The lowest BCUT2D eigenvalue weighted by atomic mass is 9.96. The Labute approximate surface area is 159 Å². The second-order valence-corrected chi connectivity index (χ2v) is 7.38. The fourth-order valence-corrected chi connectivity index (χ4v) is 3.94. The molecule has 0 atom stereocenters. The van der Waals surface area contributed by atoms with Gasteiger partial charge in [0, 0.05) is 36.7 Å². The van der Waals surface area contributed by atoms with Crippen LogP contribution in [-0.4, -0.2) is 52.3 Å². The summed E-state index contributed by atoms with van der Waals surface area (Å²) in [6, 6.07) is 0. The van der Waals surface area contributed by atoms with Crippen molar-refractivity contribution in [2.24, 2.45) is 0 Å². The zero-order valence-corrected chi connectivity index (χ0v) is 16.4. The summed E-state index contributed by atoms with van der Waals surface area (Å²) in [5.41, 5.74) is 1.12. The highest BCUT2D eigenvalue weighted by Crippen LogP contribution is 2.28. The third kappa shape index (κ3) is 3.80. The van der Waals surface area contributed by atoms with E-state index < -0.39 is 0 Å². The zero-order valence-electron chi connectivity index (χ0n) is 16.4. The van der Waals surface area contributed by atoms with E-state index in [0.717, 1.165) is 74.6 Å². The Morgan fingerprint density at radius 1 is 1.11 bits per heavy atom. The van der Waals surface area contributed by atoms with E-state index >= 15 is 0 Å². The van der Waals surface area contributed by atoms with Crippen molar-refractivity contribution in [1.29, 1.82) is 0 Å². The van der Waals surface area contributed by atoms with Crippen molar-refractivity contribution in [1.82, 2.24) is 39.2 Å². The molecule has 4 rings (SSSR count). The first kappa shape index (κ1) is 17.9. The van der Waals surface area contributed by atoms with Crippen LogP contribution in [0.1, 0.15) is 54.7 Å². The third-order valence-electron chi connectivity index (χ3n) is 5.49. The number of imidazole rings is 2. The molecule has 0 aromatic carbocycles. The van der Waals surface area contributed by atoms with Gasteiger partial charge in [-0.15, -0.1) is 10.2 Å². The predicted octanol–water partition coefficient (Wildman–Crippen LogP) is 2.26. The van der Waals surface area contributed by atoms with Crippen LogP contribution < -0.4 is 0 Å². The summed E-state index contributed by atoms with van der Waals surface area (Å²) in [5, 5.41) is 9.08. The van der Waals surface area contributed by atoms with Crippen molar-refractivity contribution in [3.63, 3.8) is 0 Å². The normalized spacial score (nSPS) is 16.3. The van der Waals surface area contributed by atoms with E-state index in [2.05, 4.69) is 46.1 Å². The van der Waals surface area contributed by atoms with Gasteiger partial charge in [0.2, 0.25) is 0 Å². The molecule has 0 amide bonds. The van der Waals surface area contributed by atoms with Crippen LogP contribution in [0.3, 0.4) is 0 Å². The number of H-pyrrole nitrogens is 1. The first-order chi connectivity index (χ1) is 13.1. The SMILES string of the molecule is CCn1c(Cn2ccnc2C)nnc1C1CCN(Cc2ncc(C)[nH]2)CC1. The molecule has 4 heterocycles. The van der Waals surface area contributed by atoms with Crippen LogP contribution in [0.2, 0.25) is 0 Å². The molecule has 1 N–H and O–H groups in total. The predicted molar refractivity (Wildman–Crippen MR) is 102 cm³/mol. The molecular formula is C19H28N8. The molecule has 27 heavy (non-hydrogen) atoms. The van der Waals surface area contributed by atoms with Crippen LogP contribution in [0.25, 0.3) is 0 Å². The number of likely N-dealkylation sites (tertiary alicyclic amines) is 1. The van der Waals surface area contributed by atoms with Crippen LogP contribution in [0, 0.1) is 13.8 Å². The van der Waals surface area contributed by atoms with E-state index in [0.29, 0.717) is 5.92 Å². The minimum atomic E-state index is 0.477. The number of piperidine rings is 1. The topological polar surface area (TPSA) is 80.4 Å². The molecule has 1 aliphatic rings. The van der Waals surface area contributed by atoms with Crippen molar-refractivity contribution < 1.29 is 0 Å². The van der Waals surface area contributed by atoms with Crippen LogP contribution >= 0.6 is 0 Å². The second kappa shape index (κ2) is 7.64. The number of rotatable bonds is 6. The van der Waals surface area contributed by atoms with E-state index in [1.807, 2.05) is 32.4 Å². The second-order valence-electron chi connectivity index (χ2n) is 7.38. The summed E-state index contributed by atoms with van der Waals surface area (Å²) >= 11 is 0. The van der Waals surface area contributed by atoms with Gasteiger partial charge in [-0.1, -0.05) is 0 Å². The van der Waals surface area contributed by atoms with Crippen molar-refractivity contribution in [3.8, 4) is 0 Å². The van der Waals surface area contributed by atoms with Gasteiger partial charge in [-0.2, -0.15) is 0 Å². The molecule has 8 heteroatoms. The molecule has 0 saturated carbocycles. The highest BCUT2D eigenvalue weighted by atomic mass is 15.3. The number of hydrogen-bond acceptors (Lipinski definition) is 5. The maximum absolute atomic E-state index is 4.58. The number of nitrogens with one attached hydrogen (secondary N) is 1. The fourth-order valence-electron chi connectivity index (χ4n) is 3.94. The minimum Gasteiger partial charge on any atom is -0.345 e. The van der Waals surface area contributed by atoms with Crippen molar-refractivity contribution in [2.75, 3.05) is 13.1 Å². The Hall–Kier alpha value is -2.48. The summed E-state index contributed by atoms with van der Waals surface area (Å²) in [4.78, 5) is 14.5. The largest absolute Gasteiger partial charge is 0.345 e. The van der Waals surface area contributed by atoms with Crippen molar-refractivity contribution in [2.45, 2.75) is 59.2 Å². The van der Waals surface area contributed by atoms with E-state index in [4.69, 9.17) is 0 Å². The molecule has 0 aliphatic carbocycles. The van der Waals surface area contributed by atoms with Gasteiger partial charge in [-0.3, -0.25) is 4.90 Å². The molecule has 1 saturated heterocycles. The molecule has 3 aromatic rings. The number of aromatic nitrogens is 7. The summed E-state index contributed by atoms with van der Waals surface area (Å²) < 4.78 is 4.41. The molecule has 0 unspecified atom stereocenters. The van der Waals surface area contributed by atoms with Gasteiger partial charge in [0.1, 0.15) is 17.5 Å². The molecule has 8 nitrogen and oxygen atoms in total. The average molecular weight is 368 g/mol. The Morgan fingerprint density at radius 2 is 1.93 bits per heavy atom. The first-order valence-electron chi connectivity index (χ1n) is 9.76. The van der Waals surface area contributed by atoms with Gasteiger partial charge >= 0.3 is 0 Å². The quantitative estimate of drug-likeness (QED) is 0.722. The number of aromatic amines is 1. The maximum Gasteiger partial charge on any atom is 0.153 e. The average Bonchev–Trinajstić information content (AvgIpc) is 3.37. The molecule has 0 bridgehead atoms. The number of aryl methyl sites for hydroxylation is 2. The Balaban J connectivity index is 1.41. The van der Waals surface area contributed by atoms with Gasteiger partial charge in [0.25, 0.3) is 0 Å². The minimum absolute atomic E-state index is 0.477. The third-order valence-corrected chi connectivity index (χ3v) is 5.49. The standard InChI is InChI=1S/C19H28N8/c1-4-27-18(13-26-10-7-20-15(26)3)23-24-19(27)16-5-8-25(9-6-16)12-17-21-11-14(2)22-17/h7,10-11,16H,4-6,8-9,12-13H2,1-3H3,(H,21,22). The molecule has 1 aliphatic heterocycles. The number of nitrogens with zero attached hydrogens (tertiary/aromatic N) is 7. The van der Waals surface area contributed by atoms with E-state index in [-0.39, 0.29) is 0 Å². The Morgan fingerprint density at radius 3 is 2.56 bits per heavy atom. The van der Waals surface area contributed by atoms with Crippen molar-refractivity contribution in [3.05, 3.63) is 47.6 Å². The van der Waals surface area contributed by atoms with Gasteiger partial charge in [0.05, 0.1) is 13.1 Å². The smallest absolute Gasteiger partial charge is 0.153 e. The van der Waals surface area contributed by atoms with Gasteiger partial charge in [-0.05, 0) is 46.7 Å². The zero-order chi connectivity index (χ0) is 18.8. The van der Waals surface area contributed by atoms with Crippen LogP contribution in [-0.2, 0) is 19.6 Å². The van der Waals surface area contributed by atoms with Crippen molar-refractivity contribution >= 4 is 0 Å². The molecule has 0 spiro atoms. The molecule has 3 aromatic heterocycles. The van der Waals surface area contributed by atoms with E-state index in [9.17, 15) is 0 Å². The lowest BCUT2D eigenvalue weighted by Crippen LogP contribution is -2.33. The molecule has 0 radical (unpaired) electrons. The Kier molecular flexibility index (Phi) is 5.07. The highest BCUT2D eigenvalue weighted by molar-refractivity contribution is 5.06. The van der Waals surface area contributed by atoms with Crippen LogP contribution in [0.5, 0.6) is 0 Å². The lowest BCUT2D eigenvalue weighted by molar-refractivity contribution is 0.196. The molecular weight excluding hydrogens is 340 g/mol. The lowest BCUT2D eigenvalue weighted by Gasteiger charge is -2.31. The van der Waals surface area contributed by atoms with E-state index in [1.165, 1.54) is 0 Å². The van der Waals surface area contributed by atoms with Crippen LogP contribution in [0.4, 0.5) is 0 Å². The summed E-state index contributed by atoms with van der Waals surface area (Å²) in [6.07, 6.45) is 7.96. The fraction of sp³-hybridized carbons (Fsp3) is 0.579. The van der Waals surface area contributed by atoms with Gasteiger partial charge in [0.15, 0.2) is 5.82 Å². The van der Waals surface area contributed by atoms with E-state index in [1.54, 1.807) is 0 Å². The highest BCUT2D eigenvalue weighted by Gasteiger charge is 2.26. The van der Waals surface area contributed by atoms with Gasteiger partial charge in [-0.25, -0.2) is 9.97 Å².